The van der Waals surface area contributed by atoms with E-state index in [2.05, 4.69) is 35.8 Å². The van der Waals surface area contributed by atoms with Crippen molar-refractivity contribution in [1.82, 2.24) is 4.90 Å². The largest absolute Gasteiger partial charge is 0.495 e. The van der Waals surface area contributed by atoms with Crippen LogP contribution in [0.1, 0.15) is 36.2 Å². The molecule has 0 aliphatic carbocycles. The Hall–Kier alpha value is -2.24. The number of methoxy groups -OCH3 is 1. The van der Waals surface area contributed by atoms with Crippen LogP contribution >= 0.6 is 11.6 Å². The van der Waals surface area contributed by atoms with Gasteiger partial charge < -0.3 is 14.5 Å². The van der Waals surface area contributed by atoms with Crippen LogP contribution in [0.2, 0.25) is 5.02 Å². The minimum absolute atomic E-state index is 0.00677. The van der Waals surface area contributed by atoms with Crippen molar-refractivity contribution in [2.24, 2.45) is 0 Å². The van der Waals surface area contributed by atoms with Gasteiger partial charge in [0, 0.05) is 55.0 Å². The van der Waals surface area contributed by atoms with Crippen LogP contribution in [0.5, 0.6) is 5.75 Å². The van der Waals surface area contributed by atoms with Gasteiger partial charge in [0.15, 0.2) is 0 Å². The van der Waals surface area contributed by atoms with E-state index in [-0.39, 0.29) is 5.91 Å². The van der Waals surface area contributed by atoms with Crippen molar-refractivity contribution in [1.29, 1.82) is 0 Å². The van der Waals surface area contributed by atoms with E-state index in [4.69, 9.17) is 16.3 Å². The number of hydrogen-bond acceptors (Lipinski definition) is 4. The number of anilines is 2. The zero-order valence-corrected chi connectivity index (χ0v) is 18.8. The molecule has 0 radical (unpaired) electrons. The number of amides is 1. The fraction of sp³-hybridized carbons (Fsp3) is 0.458. The van der Waals surface area contributed by atoms with Crippen molar-refractivity contribution in [2.75, 3.05) is 49.6 Å². The Balaban J connectivity index is 1.53. The summed E-state index contributed by atoms with van der Waals surface area (Å²) >= 11 is 6.42. The van der Waals surface area contributed by atoms with Gasteiger partial charge >= 0.3 is 0 Å². The second kappa shape index (κ2) is 8.86. The zero-order valence-electron chi connectivity index (χ0n) is 18.0. The first kappa shape index (κ1) is 21.0. The van der Waals surface area contributed by atoms with Gasteiger partial charge in [0.05, 0.1) is 12.8 Å². The van der Waals surface area contributed by atoms with Gasteiger partial charge in [-0.1, -0.05) is 11.6 Å². The number of carbonyl (C=O) groups is 1. The molecule has 160 valence electrons. The molecule has 5 nitrogen and oxygen atoms in total. The Morgan fingerprint density at radius 3 is 2.33 bits per heavy atom. The van der Waals surface area contributed by atoms with Crippen LogP contribution < -0.4 is 14.5 Å². The van der Waals surface area contributed by atoms with E-state index < -0.39 is 0 Å². The molecule has 1 fully saturated rings. The highest BCUT2D eigenvalue weighted by atomic mass is 35.5. The van der Waals surface area contributed by atoms with Crippen molar-refractivity contribution < 1.29 is 9.53 Å². The molecule has 0 N–H and O–H groups in total. The highest BCUT2D eigenvalue weighted by Crippen LogP contribution is 2.40. The summed E-state index contributed by atoms with van der Waals surface area (Å²) in [4.78, 5) is 20.1. The molecule has 0 bridgehead atoms. The van der Waals surface area contributed by atoms with Gasteiger partial charge in [0.25, 0.3) is 5.91 Å². The van der Waals surface area contributed by atoms with Gasteiger partial charge in [-0.3, -0.25) is 9.69 Å². The molecule has 2 heterocycles. The number of piperazine rings is 1. The molecule has 1 saturated heterocycles. The lowest BCUT2D eigenvalue weighted by molar-refractivity contribution is 0.0984. The first-order chi connectivity index (χ1) is 14.5. The topological polar surface area (TPSA) is 36.0 Å². The molecule has 4 rings (SSSR count). The summed E-state index contributed by atoms with van der Waals surface area (Å²) in [6.07, 6.45) is 1.75. The Labute approximate surface area is 184 Å². The normalized spacial score (nSPS) is 17.2. The second-order valence-corrected chi connectivity index (χ2v) is 8.71. The standard InChI is InChI=1S/C24H30ClN3O2/c1-17(2)26-13-15-27(16-14-26)19-8-6-18(7-9-19)24(29)28-12-4-5-20-21(25)10-11-22(30-3)23(20)28/h6-11,17H,4-5,12-16H2,1-3H3. The van der Waals surface area contributed by atoms with Crippen molar-refractivity contribution in [3.63, 3.8) is 0 Å². The van der Waals surface area contributed by atoms with Crippen LogP contribution in [0.25, 0.3) is 0 Å². The van der Waals surface area contributed by atoms with E-state index in [1.165, 1.54) is 5.69 Å². The number of fused-ring (bicyclic) bond motifs is 1. The van der Waals surface area contributed by atoms with E-state index in [0.717, 1.165) is 50.3 Å². The average Bonchev–Trinajstić information content (AvgIpc) is 2.79. The molecular weight excluding hydrogens is 398 g/mol. The Kier molecular flexibility index (Phi) is 6.21. The third-order valence-corrected chi connectivity index (χ3v) is 6.61. The van der Waals surface area contributed by atoms with Gasteiger partial charge in [-0.25, -0.2) is 0 Å². The molecular formula is C24H30ClN3O2. The quantitative estimate of drug-likeness (QED) is 0.721. The van der Waals surface area contributed by atoms with Crippen molar-refractivity contribution in [3.8, 4) is 5.75 Å². The molecule has 2 aromatic carbocycles. The average molecular weight is 428 g/mol. The number of nitrogens with zero attached hydrogens (tertiary/aromatic N) is 3. The summed E-state index contributed by atoms with van der Waals surface area (Å²) in [6, 6.07) is 12.3. The number of carbonyl (C=O) groups excluding carboxylic acids is 1. The van der Waals surface area contributed by atoms with Crippen molar-refractivity contribution >= 4 is 28.9 Å². The van der Waals surface area contributed by atoms with E-state index in [1.54, 1.807) is 7.11 Å². The predicted octanol–water partition coefficient (Wildman–Crippen LogP) is 4.47. The number of hydrogen-bond donors (Lipinski definition) is 0. The summed E-state index contributed by atoms with van der Waals surface area (Å²) in [5.41, 5.74) is 3.68. The molecule has 0 aromatic heterocycles. The van der Waals surface area contributed by atoms with Gasteiger partial charge in [-0.2, -0.15) is 0 Å². The minimum atomic E-state index is -0.00677. The summed E-state index contributed by atoms with van der Waals surface area (Å²) < 4.78 is 5.54. The fourth-order valence-corrected chi connectivity index (χ4v) is 4.73. The molecule has 1 amide bonds. The summed E-state index contributed by atoms with van der Waals surface area (Å²) in [6.45, 7) is 9.34. The van der Waals surface area contributed by atoms with E-state index in [0.29, 0.717) is 28.9 Å². The molecule has 2 aromatic rings. The lowest BCUT2D eigenvalue weighted by atomic mass is 9.99. The molecule has 30 heavy (non-hydrogen) atoms. The molecule has 6 heteroatoms. The highest BCUT2D eigenvalue weighted by molar-refractivity contribution is 6.32. The SMILES string of the molecule is COc1ccc(Cl)c2c1N(C(=O)c1ccc(N3CCN(C(C)C)CC3)cc1)CCC2. The maximum Gasteiger partial charge on any atom is 0.258 e. The van der Waals surface area contributed by atoms with Gasteiger partial charge in [-0.05, 0) is 68.7 Å². The zero-order chi connectivity index (χ0) is 21.3. The van der Waals surface area contributed by atoms with Crippen LogP contribution in [0.3, 0.4) is 0 Å². The summed E-state index contributed by atoms with van der Waals surface area (Å²) in [5.74, 6) is 0.690. The smallest absolute Gasteiger partial charge is 0.258 e. The van der Waals surface area contributed by atoms with Crippen LogP contribution in [0.15, 0.2) is 36.4 Å². The first-order valence-electron chi connectivity index (χ1n) is 10.8. The number of rotatable bonds is 4. The summed E-state index contributed by atoms with van der Waals surface area (Å²) in [7, 11) is 1.63. The Morgan fingerprint density at radius 2 is 1.70 bits per heavy atom. The van der Waals surface area contributed by atoms with Crippen LogP contribution in [-0.4, -0.2) is 56.7 Å². The maximum atomic E-state index is 13.4. The van der Waals surface area contributed by atoms with Crippen LogP contribution in [-0.2, 0) is 6.42 Å². The number of halogens is 1. The highest BCUT2D eigenvalue weighted by Gasteiger charge is 2.28. The predicted molar refractivity (Wildman–Crippen MR) is 123 cm³/mol. The molecule has 0 unspecified atom stereocenters. The van der Waals surface area contributed by atoms with E-state index >= 15 is 0 Å². The second-order valence-electron chi connectivity index (χ2n) is 8.30. The monoisotopic (exact) mass is 427 g/mol. The Morgan fingerprint density at radius 1 is 1.00 bits per heavy atom. The number of benzene rings is 2. The Bertz CT molecular complexity index is 905. The van der Waals surface area contributed by atoms with Crippen molar-refractivity contribution in [3.05, 3.63) is 52.5 Å². The third kappa shape index (κ3) is 4.01. The van der Waals surface area contributed by atoms with Crippen LogP contribution in [0, 0.1) is 0 Å². The molecule has 2 aliphatic heterocycles. The first-order valence-corrected chi connectivity index (χ1v) is 11.1. The summed E-state index contributed by atoms with van der Waals surface area (Å²) in [5, 5.41) is 0.694. The molecule has 0 atom stereocenters. The number of ether oxygens (including phenoxy) is 1. The lowest BCUT2D eigenvalue weighted by Crippen LogP contribution is -2.48. The van der Waals surface area contributed by atoms with Crippen LogP contribution in [0.4, 0.5) is 11.4 Å². The van der Waals surface area contributed by atoms with Gasteiger partial charge in [-0.15, -0.1) is 0 Å². The fourth-order valence-electron chi connectivity index (χ4n) is 4.48. The van der Waals surface area contributed by atoms with E-state index in [9.17, 15) is 4.79 Å². The van der Waals surface area contributed by atoms with Crippen molar-refractivity contribution in [2.45, 2.75) is 32.7 Å². The third-order valence-electron chi connectivity index (χ3n) is 6.26. The molecule has 0 saturated carbocycles. The molecule has 2 aliphatic rings. The van der Waals surface area contributed by atoms with Gasteiger partial charge in [0.2, 0.25) is 0 Å². The minimum Gasteiger partial charge on any atom is -0.495 e. The lowest BCUT2D eigenvalue weighted by Gasteiger charge is -2.38. The molecule has 0 spiro atoms. The maximum absolute atomic E-state index is 13.4. The van der Waals surface area contributed by atoms with E-state index in [1.807, 2.05) is 29.2 Å². The van der Waals surface area contributed by atoms with Gasteiger partial charge in [0.1, 0.15) is 5.75 Å².